The molecule has 0 saturated heterocycles. The average Bonchev–Trinajstić information content (AvgIpc) is 3.27. The molecule has 1 amide bonds. The number of rotatable bonds is 4. The first-order valence-electron chi connectivity index (χ1n) is 11.3. The molecule has 2 N–H and O–H groups in total. The van der Waals surface area contributed by atoms with Crippen molar-refractivity contribution in [2.45, 2.75) is 39.2 Å². The van der Waals surface area contributed by atoms with Crippen LogP contribution in [0.15, 0.2) is 71.2 Å². The van der Waals surface area contributed by atoms with Crippen molar-refractivity contribution in [3.05, 3.63) is 87.3 Å². The number of para-hydroxylation sites is 2. The van der Waals surface area contributed by atoms with E-state index in [4.69, 9.17) is 0 Å². The second-order valence-corrected chi connectivity index (χ2v) is 9.70. The Morgan fingerprint density at radius 2 is 1.97 bits per heavy atom. The van der Waals surface area contributed by atoms with E-state index in [1.807, 2.05) is 61.7 Å². The van der Waals surface area contributed by atoms with E-state index in [0.717, 1.165) is 57.2 Å². The van der Waals surface area contributed by atoms with Crippen molar-refractivity contribution >= 4 is 40.1 Å². The summed E-state index contributed by atoms with van der Waals surface area (Å²) < 4.78 is 0. The Bertz CT molecular complexity index is 1250. The lowest BCUT2D eigenvalue weighted by atomic mass is 9.88. The fraction of sp³-hybridized carbons (Fsp3) is 0.259. The van der Waals surface area contributed by atoms with Crippen LogP contribution < -0.4 is 15.5 Å². The van der Waals surface area contributed by atoms with Crippen molar-refractivity contribution < 1.29 is 9.59 Å². The maximum Gasteiger partial charge on any atom is 0.243 e. The number of Topliss-reactive ketones (excluding diaryl/α,β-unsaturated/α-hetero) is 1. The number of ketones is 1. The number of benzene rings is 2. The summed E-state index contributed by atoms with van der Waals surface area (Å²) in [6.07, 6.45) is 2.22. The third kappa shape index (κ3) is 4.18. The molecule has 0 spiro atoms. The lowest BCUT2D eigenvalue weighted by Crippen LogP contribution is -2.38. The molecule has 3 aromatic rings. The zero-order valence-corrected chi connectivity index (χ0v) is 19.7. The number of carbonyl (C=O) groups is 2. The maximum absolute atomic E-state index is 13.3. The van der Waals surface area contributed by atoms with E-state index >= 15 is 0 Å². The van der Waals surface area contributed by atoms with Crippen molar-refractivity contribution in [3.8, 4) is 0 Å². The van der Waals surface area contributed by atoms with Crippen LogP contribution in [0, 0.1) is 13.8 Å². The number of anilines is 3. The molecule has 1 aliphatic carbocycles. The molecule has 0 saturated carbocycles. The molecule has 6 heteroatoms. The predicted octanol–water partition coefficient (Wildman–Crippen LogP) is 5.98. The zero-order chi connectivity index (χ0) is 22.9. The minimum atomic E-state index is -0.297. The SMILES string of the molecule is Cc1ccc(NC(=O)CN2c3ccccc3NC3=C(C(=O)CCC3)C2c2cccs2)c(C)c1. The highest BCUT2D eigenvalue weighted by Crippen LogP contribution is 2.45. The summed E-state index contributed by atoms with van der Waals surface area (Å²) in [5.41, 5.74) is 6.63. The van der Waals surface area contributed by atoms with Crippen LogP contribution in [0.3, 0.4) is 0 Å². The van der Waals surface area contributed by atoms with Crippen molar-refractivity contribution in [2.75, 3.05) is 22.1 Å². The highest BCUT2D eigenvalue weighted by atomic mass is 32.1. The Morgan fingerprint density at radius 1 is 1.12 bits per heavy atom. The number of amides is 1. The number of thiophene rings is 1. The molecular weight excluding hydrogens is 430 g/mol. The summed E-state index contributed by atoms with van der Waals surface area (Å²) in [4.78, 5) is 29.7. The molecule has 0 bridgehead atoms. The van der Waals surface area contributed by atoms with Crippen LogP contribution >= 0.6 is 11.3 Å². The van der Waals surface area contributed by atoms with Crippen LogP contribution in [-0.2, 0) is 9.59 Å². The molecule has 1 aromatic heterocycles. The monoisotopic (exact) mass is 457 g/mol. The molecule has 0 fully saturated rings. The van der Waals surface area contributed by atoms with Gasteiger partial charge in [-0.25, -0.2) is 0 Å². The number of nitrogens with zero attached hydrogens (tertiary/aromatic N) is 1. The largest absolute Gasteiger partial charge is 0.357 e. The minimum absolute atomic E-state index is 0.106. The van der Waals surface area contributed by atoms with Crippen LogP contribution in [0.25, 0.3) is 0 Å². The normalized spacial score (nSPS) is 17.7. The van der Waals surface area contributed by atoms with E-state index < -0.39 is 0 Å². The number of fused-ring (bicyclic) bond motifs is 1. The number of carbonyl (C=O) groups excluding carboxylic acids is 2. The Kier molecular flexibility index (Phi) is 5.77. The third-order valence-corrected chi connectivity index (χ3v) is 7.25. The molecule has 2 aromatic carbocycles. The van der Waals surface area contributed by atoms with E-state index in [0.29, 0.717) is 6.42 Å². The van der Waals surface area contributed by atoms with Gasteiger partial charge >= 0.3 is 0 Å². The molecule has 1 aliphatic heterocycles. The van der Waals surface area contributed by atoms with Gasteiger partial charge in [0.05, 0.1) is 24.0 Å². The second-order valence-electron chi connectivity index (χ2n) is 8.72. The van der Waals surface area contributed by atoms with E-state index in [9.17, 15) is 9.59 Å². The Labute approximate surface area is 198 Å². The van der Waals surface area contributed by atoms with Gasteiger partial charge in [-0.1, -0.05) is 35.9 Å². The summed E-state index contributed by atoms with van der Waals surface area (Å²) >= 11 is 1.62. The molecule has 0 radical (unpaired) electrons. The van der Waals surface area contributed by atoms with Gasteiger partial charge in [0.1, 0.15) is 0 Å². The molecule has 5 nitrogen and oxygen atoms in total. The van der Waals surface area contributed by atoms with Crippen LogP contribution in [0.1, 0.15) is 41.3 Å². The standard InChI is InChI=1S/C27H27N3O2S/c1-17-12-13-19(18(2)15-17)29-25(32)16-30-22-9-4-3-7-20(22)28-21-8-5-10-23(31)26(21)27(30)24-11-6-14-33-24/h3-4,6-7,9,11-15,27-28H,5,8,10,16H2,1-2H3,(H,29,32). The van der Waals surface area contributed by atoms with Gasteiger partial charge in [0.25, 0.3) is 0 Å². The zero-order valence-electron chi connectivity index (χ0n) is 18.9. The molecule has 168 valence electrons. The fourth-order valence-corrected chi connectivity index (χ4v) is 5.66. The number of aryl methyl sites for hydroxylation is 2. The van der Waals surface area contributed by atoms with Gasteiger partial charge in [0.2, 0.25) is 5.91 Å². The quantitative estimate of drug-likeness (QED) is 0.506. The first kappa shape index (κ1) is 21.5. The van der Waals surface area contributed by atoms with Gasteiger partial charge in [-0.3, -0.25) is 9.59 Å². The average molecular weight is 458 g/mol. The van der Waals surface area contributed by atoms with Gasteiger partial charge in [-0.15, -0.1) is 11.3 Å². The van der Waals surface area contributed by atoms with E-state index in [1.54, 1.807) is 11.3 Å². The Morgan fingerprint density at radius 3 is 2.76 bits per heavy atom. The van der Waals surface area contributed by atoms with Crippen molar-refractivity contribution in [2.24, 2.45) is 0 Å². The molecule has 1 atom stereocenters. The fourth-order valence-electron chi connectivity index (χ4n) is 4.82. The summed E-state index contributed by atoms with van der Waals surface area (Å²) in [5.74, 6) is 0.0559. The minimum Gasteiger partial charge on any atom is -0.357 e. The van der Waals surface area contributed by atoms with E-state index in [2.05, 4.69) is 27.7 Å². The molecule has 1 unspecified atom stereocenters. The van der Waals surface area contributed by atoms with Gasteiger partial charge in [-0.05, 0) is 61.9 Å². The third-order valence-electron chi connectivity index (χ3n) is 6.32. The van der Waals surface area contributed by atoms with E-state index in [-0.39, 0.29) is 24.3 Å². The Balaban J connectivity index is 1.57. The first-order valence-corrected chi connectivity index (χ1v) is 12.2. The number of allylic oxidation sites excluding steroid dienone is 1. The number of hydrogen-bond donors (Lipinski definition) is 2. The summed E-state index contributed by atoms with van der Waals surface area (Å²) in [6, 6.07) is 17.8. The van der Waals surface area contributed by atoms with Crippen molar-refractivity contribution in [3.63, 3.8) is 0 Å². The van der Waals surface area contributed by atoms with Crippen LogP contribution in [0.2, 0.25) is 0 Å². The van der Waals surface area contributed by atoms with Gasteiger partial charge in [0, 0.05) is 28.3 Å². The lowest BCUT2D eigenvalue weighted by Gasteiger charge is -2.34. The smallest absolute Gasteiger partial charge is 0.243 e. The number of hydrogen-bond acceptors (Lipinski definition) is 5. The molecule has 2 heterocycles. The lowest BCUT2D eigenvalue weighted by molar-refractivity contribution is -0.117. The van der Waals surface area contributed by atoms with Gasteiger partial charge < -0.3 is 15.5 Å². The summed E-state index contributed by atoms with van der Waals surface area (Å²) in [5, 5.41) is 8.66. The van der Waals surface area contributed by atoms with Crippen LogP contribution in [0.4, 0.5) is 17.1 Å². The highest BCUT2D eigenvalue weighted by molar-refractivity contribution is 7.10. The molecule has 2 aliphatic rings. The van der Waals surface area contributed by atoms with Gasteiger partial charge in [-0.2, -0.15) is 0 Å². The van der Waals surface area contributed by atoms with Gasteiger partial charge in [0.15, 0.2) is 5.78 Å². The first-order chi connectivity index (χ1) is 16.0. The summed E-state index contributed by atoms with van der Waals surface area (Å²) in [7, 11) is 0. The van der Waals surface area contributed by atoms with E-state index in [1.165, 1.54) is 0 Å². The van der Waals surface area contributed by atoms with Crippen LogP contribution in [0.5, 0.6) is 0 Å². The molecular formula is C27H27N3O2S. The number of nitrogens with one attached hydrogen (secondary N) is 2. The predicted molar refractivity (Wildman–Crippen MR) is 135 cm³/mol. The Hall–Kier alpha value is -3.38. The van der Waals surface area contributed by atoms with Crippen molar-refractivity contribution in [1.82, 2.24) is 0 Å². The highest BCUT2D eigenvalue weighted by Gasteiger charge is 2.37. The molecule has 5 rings (SSSR count). The topological polar surface area (TPSA) is 61.4 Å². The van der Waals surface area contributed by atoms with Crippen LogP contribution in [-0.4, -0.2) is 18.2 Å². The second kappa shape index (κ2) is 8.87. The van der Waals surface area contributed by atoms with Crippen molar-refractivity contribution in [1.29, 1.82) is 0 Å². The molecule has 33 heavy (non-hydrogen) atoms. The maximum atomic E-state index is 13.3. The summed E-state index contributed by atoms with van der Waals surface area (Å²) in [6.45, 7) is 4.18.